The minimum absolute atomic E-state index is 0.0106. The van der Waals surface area contributed by atoms with Gasteiger partial charge in [0.25, 0.3) is 11.6 Å². The molecule has 0 spiro atoms. The van der Waals surface area contributed by atoms with Crippen LogP contribution >= 0.6 is 11.8 Å². The van der Waals surface area contributed by atoms with Gasteiger partial charge < -0.3 is 4.57 Å². The predicted octanol–water partition coefficient (Wildman–Crippen LogP) is 4.89. The third kappa shape index (κ3) is 3.91. The first-order chi connectivity index (χ1) is 15.9. The summed E-state index contributed by atoms with van der Waals surface area (Å²) in [5, 5.41) is 27.2. The fourth-order valence-corrected chi connectivity index (χ4v) is 5.48. The molecule has 1 aromatic carbocycles. The van der Waals surface area contributed by atoms with Crippen molar-refractivity contribution in [2.24, 2.45) is 16.0 Å². The third-order valence-electron chi connectivity index (χ3n) is 6.15. The largest absolute Gasteiger partial charge is 0.317 e. The summed E-state index contributed by atoms with van der Waals surface area (Å²) in [5.41, 5.74) is 2.33. The quantitative estimate of drug-likeness (QED) is 0.394. The number of carbonyl (C=O) groups is 1. The van der Waals surface area contributed by atoms with Crippen molar-refractivity contribution in [2.45, 2.75) is 39.0 Å². The van der Waals surface area contributed by atoms with Crippen molar-refractivity contribution in [3.63, 3.8) is 0 Å². The van der Waals surface area contributed by atoms with E-state index in [4.69, 9.17) is 5.41 Å². The van der Waals surface area contributed by atoms with Crippen LogP contribution in [-0.4, -0.2) is 36.5 Å². The fourth-order valence-electron chi connectivity index (χ4n) is 4.42. The van der Waals surface area contributed by atoms with Crippen LogP contribution in [0.4, 0.5) is 5.69 Å². The number of hydrogen-bond donors (Lipinski definition) is 1. The summed E-state index contributed by atoms with van der Waals surface area (Å²) in [6, 6.07) is 8.29. The van der Waals surface area contributed by atoms with E-state index in [1.165, 1.54) is 48.2 Å². The molecule has 10 heteroatoms. The molecule has 2 aromatic rings. The topological polar surface area (TPSA) is 117 Å². The molecule has 1 saturated carbocycles. The lowest BCUT2D eigenvalue weighted by atomic mass is 9.90. The number of aliphatic imine (C=N–C) groups is 1. The first-order valence-corrected chi connectivity index (χ1v) is 11.7. The molecule has 33 heavy (non-hydrogen) atoms. The zero-order valence-corrected chi connectivity index (χ0v) is 18.8. The van der Waals surface area contributed by atoms with E-state index < -0.39 is 10.8 Å². The maximum atomic E-state index is 12.8. The van der Waals surface area contributed by atoms with Crippen LogP contribution in [0.15, 0.2) is 52.2 Å². The molecule has 1 N–H and O–H groups in total. The van der Waals surface area contributed by atoms with Crippen molar-refractivity contribution in [1.29, 1.82) is 5.41 Å². The molecule has 3 heterocycles. The van der Waals surface area contributed by atoms with E-state index in [1.54, 1.807) is 19.1 Å². The summed E-state index contributed by atoms with van der Waals surface area (Å²) in [6.45, 7) is 1.80. The SMILES string of the molecule is Cc1cc([N+](=O)[O-])ccc1-n1cccc1/C=C1\C(=N)N2N=C(C3CCCCC3)SC2=NC1=O. The van der Waals surface area contributed by atoms with Crippen molar-refractivity contribution in [2.75, 3.05) is 0 Å². The smallest absolute Gasteiger partial charge is 0.283 e. The third-order valence-corrected chi connectivity index (χ3v) is 7.22. The number of fused-ring (bicyclic) bond motifs is 1. The molecule has 1 fully saturated rings. The molecular formula is C23H22N6O3S. The lowest BCUT2D eigenvalue weighted by Gasteiger charge is -2.20. The van der Waals surface area contributed by atoms with E-state index in [1.807, 2.05) is 22.9 Å². The average molecular weight is 463 g/mol. The maximum Gasteiger partial charge on any atom is 0.283 e. The Balaban J connectivity index is 1.46. The number of non-ortho nitro benzene ring substituents is 1. The molecule has 1 aromatic heterocycles. The second kappa shape index (κ2) is 8.43. The number of benzene rings is 1. The van der Waals surface area contributed by atoms with Crippen molar-refractivity contribution < 1.29 is 9.72 Å². The molecule has 0 bridgehead atoms. The van der Waals surface area contributed by atoms with Crippen LogP contribution in [0, 0.1) is 28.4 Å². The van der Waals surface area contributed by atoms with E-state index >= 15 is 0 Å². The maximum absolute atomic E-state index is 12.8. The lowest BCUT2D eigenvalue weighted by molar-refractivity contribution is -0.384. The van der Waals surface area contributed by atoms with Crippen molar-refractivity contribution in [1.82, 2.24) is 9.58 Å². The Kier molecular flexibility index (Phi) is 5.45. The number of nitrogens with zero attached hydrogens (tertiary/aromatic N) is 5. The Morgan fingerprint density at radius 1 is 1.24 bits per heavy atom. The van der Waals surface area contributed by atoms with Crippen LogP contribution in [0.5, 0.6) is 0 Å². The molecule has 3 aliphatic rings. The monoisotopic (exact) mass is 462 g/mol. The van der Waals surface area contributed by atoms with E-state index in [2.05, 4.69) is 10.1 Å². The molecule has 0 saturated heterocycles. The highest BCUT2D eigenvalue weighted by Gasteiger charge is 2.38. The summed E-state index contributed by atoms with van der Waals surface area (Å²) >= 11 is 1.40. The summed E-state index contributed by atoms with van der Waals surface area (Å²) in [5.74, 6) is -0.0850. The number of nitro benzene ring substituents is 1. The average Bonchev–Trinajstić information content (AvgIpc) is 3.44. The van der Waals surface area contributed by atoms with Crippen molar-refractivity contribution in [3.05, 3.63) is 63.5 Å². The van der Waals surface area contributed by atoms with Crippen LogP contribution in [0.1, 0.15) is 43.4 Å². The standard InChI is InChI=1S/C23H22N6O3S/c1-14-12-17(29(31)32)9-10-19(14)27-11-5-8-16(27)13-18-20(24)28-23(25-21(18)30)33-22(26-28)15-6-3-2-4-7-15/h5,8-13,15,24H,2-4,6-7H2,1H3/b18-13+,24-20?. The van der Waals surface area contributed by atoms with Gasteiger partial charge in [-0.3, -0.25) is 20.3 Å². The Morgan fingerprint density at radius 3 is 2.76 bits per heavy atom. The molecule has 0 radical (unpaired) electrons. The number of aromatic nitrogens is 1. The highest BCUT2D eigenvalue weighted by Crippen LogP contribution is 2.36. The summed E-state index contributed by atoms with van der Waals surface area (Å²) in [7, 11) is 0. The Morgan fingerprint density at radius 2 is 2.03 bits per heavy atom. The number of amides is 1. The van der Waals surface area contributed by atoms with Gasteiger partial charge >= 0.3 is 0 Å². The van der Waals surface area contributed by atoms with Crippen LogP contribution in [0.2, 0.25) is 0 Å². The second-order valence-electron chi connectivity index (χ2n) is 8.32. The van der Waals surface area contributed by atoms with Gasteiger partial charge in [-0.05, 0) is 61.4 Å². The molecule has 9 nitrogen and oxygen atoms in total. The number of hydrazone groups is 1. The minimum atomic E-state index is -0.466. The fraction of sp³-hybridized carbons (Fsp3) is 0.304. The highest BCUT2D eigenvalue weighted by atomic mass is 32.2. The zero-order chi connectivity index (χ0) is 23.1. The normalized spacial score (nSPS) is 20.2. The number of nitro groups is 1. The van der Waals surface area contributed by atoms with Crippen LogP contribution in [0.25, 0.3) is 11.8 Å². The van der Waals surface area contributed by atoms with Gasteiger partial charge in [-0.15, -0.1) is 0 Å². The van der Waals surface area contributed by atoms with Gasteiger partial charge in [-0.1, -0.05) is 19.3 Å². The van der Waals surface area contributed by atoms with Crippen molar-refractivity contribution >= 4 is 45.5 Å². The van der Waals surface area contributed by atoms with Crippen LogP contribution in [-0.2, 0) is 4.79 Å². The number of nitrogens with one attached hydrogen (secondary N) is 1. The number of aryl methyl sites for hydroxylation is 1. The molecule has 0 atom stereocenters. The molecule has 168 valence electrons. The van der Waals surface area contributed by atoms with Gasteiger partial charge in [0.15, 0.2) is 5.84 Å². The van der Waals surface area contributed by atoms with Gasteiger partial charge in [0, 0.05) is 35.6 Å². The number of thioether (sulfide) groups is 1. The minimum Gasteiger partial charge on any atom is -0.317 e. The van der Waals surface area contributed by atoms with E-state index in [0.717, 1.165) is 29.1 Å². The number of rotatable bonds is 4. The summed E-state index contributed by atoms with van der Waals surface area (Å²) < 4.78 is 1.83. The number of carbonyl (C=O) groups excluding carboxylic acids is 1. The first kappa shape index (κ1) is 21.3. The highest BCUT2D eigenvalue weighted by molar-refractivity contribution is 8.27. The molecule has 1 aliphatic carbocycles. The molecule has 1 amide bonds. The predicted molar refractivity (Wildman–Crippen MR) is 129 cm³/mol. The molecule has 0 unspecified atom stereocenters. The Labute approximate surface area is 194 Å². The number of hydrogen-bond acceptors (Lipinski definition) is 6. The summed E-state index contributed by atoms with van der Waals surface area (Å²) in [6.07, 6.45) is 9.21. The number of amidine groups is 2. The molecular weight excluding hydrogens is 440 g/mol. The Bertz CT molecular complexity index is 1270. The Hall–Kier alpha value is -3.53. The lowest BCUT2D eigenvalue weighted by Crippen LogP contribution is -2.35. The van der Waals surface area contributed by atoms with Gasteiger partial charge in [0.2, 0.25) is 5.17 Å². The van der Waals surface area contributed by atoms with Crippen molar-refractivity contribution in [3.8, 4) is 5.69 Å². The van der Waals surface area contributed by atoms with Gasteiger partial charge in [0.05, 0.1) is 10.5 Å². The van der Waals surface area contributed by atoms with Gasteiger partial charge in [-0.2, -0.15) is 15.1 Å². The molecule has 2 aliphatic heterocycles. The van der Waals surface area contributed by atoms with E-state index in [0.29, 0.717) is 16.8 Å². The second-order valence-corrected chi connectivity index (χ2v) is 9.31. The summed E-state index contributed by atoms with van der Waals surface area (Å²) in [4.78, 5) is 27.7. The zero-order valence-electron chi connectivity index (χ0n) is 18.0. The van der Waals surface area contributed by atoms with Gasteiger partial charge in [-0.25, -0.2) is 0 Å². The first-order valence-electron chi connectivity index (χ1n) is 10.9. The van der Waals surface area contributed by atoms with Gasteiger partial charge in [0.1, 0.15) is 5.04 Å². The van der Waals surface area contributed by atoms with E-state index in [-0.39, 0.29) is 17.1 Å². The molecule has 5 rings (SSSR count). The van der Waals surface area contributed by atoms with Crippen LogP contribution < -0.4 is 0 Å². The van der Waals surface area contributed by atoms with E-state index in [9.17, 15) is 14.9 Å². The van der Waals surface area contributed by atoms with Crippen LogP contribution in [0.3, 0.4) is 0 Å².